The van der Waals surface area contributed by atoms with Gasteiger partial charge in [-0.1, -0.05) is 17.7 Å². The fourth-order valence-electron chi connectivity index (χ4n) is 2.62. The molecule has 1 heterocycles. The van der Waals surface area contributed by atoms with Gasteiger partial charge in [0.15, 0.2) is 0 Å². The highest BCUT2D eigenvalue weighted by atomic mass is 32.2. The van der Waals surface area contributed by atoms with Crippen molar-refractivity contribution < 1.29 is 12.6 Å². The molecule has 1 aliphatic heterocycles. The molecule has 5 nitrogen and oxygen atoms in total. The third-order valence-corrected chi connectivity index (χ3v) is 5.24. The minimum atomic E-state index is -3.81. The van der Waals surface area contributed by atoms with Crippen LogP contribution in [0.2, 0.25) is 0 Å². The molecule has 3 atom stereocenters. The smallest absolute Gasteiger partial charge is 0.297 e. The fraction of sp³-hybridized carbons (Fsp3) is 0.462. The number of benzene rings is 1. The average molecular weight is 278 g/mol. The van der Waals surface area contributed by atoms with Gasteiger partial charge in [0.1, 0.15) is 11.6 Å². The fourth-order valence-corrected chi connectivity index (χ4v) is 3.89. The predicted octanol–water partition coefficient (Wildman–Crippen LogP) is 0.954. The quantitative estimate of drug-likeness (QED) is 0.833. The molecule has 1 saturated carbocycles. The Hall–Kier alpha value is -1.42. The topological polar surface area (TPSA) is 79.2 Å². The number of rotatable bonds is 3. The Morgan fingerprint density at radius 1 is 1.42 bits per heavy atom. The first-order valence-electron chi connectivity index (χ1n) is 6.13. The number of aryl methyl sites for hydroxylation is 1. The molecule has 0 spiro atoms. The van der Waals surface area contributed by atoms with E-state index < -0.39 is 21.8 Å². The van der Waals surface area contributed by atoms with Crippen LogP contribution in [-0.4, -0.2) is 26.6 Å². The minimum absolute atomic E-state index is 0.123. The van der Waals surface area contributed by atoms with Crippen molar-refractivity contribution in [2.24, 2.45) is 5.92 Å². The zero-order valence-electron chi connectivity index (χ0n) is 10.5. The summed E-state index contributed by atoms with van der Waals surface area (Å²) in [6, 6.07) is 8.05. The van der Waals surface area contributed by atoms with Gasteiger partial charge in [0.25, 0.3) is 10.1 Å². The summed E-state index contributed by atoms with van der Waals surface area (Å²) in [5, 5.41) is 12.0. The third kappa shape index (κ3) is 1.94. The summed E-state index contributed by atoms with van der Waals surface area (Å²) in [6.45, 7) is 2.53. The summed E-state index contributed by atoms with van der Waals surface area (Å²) in [6.07, 6.45) is 0.628. The first-order valence-corrected chi connectivity index (χ1v) is 7.54. The van der Waals surface area contributed by atoms with E-state index in [1.807, 2.05) is 6.92 Å². The second-order valence-corrected chi connectivity index (χ2v) is 6.72. The van der Waals surface area contributed by atoms with Gasteiger partial charge in [-0.2, -0.15) is 13.7 Å². The number of fused-ring (bicyclic) bond motifs is 1. The Morgan fingerprint density at radius 2 is 2.11 bits per heavy atom. The molecule has 100 valence electrons. The van der Waals surface area contributed by atoms with E-state index in [0.29, 0.717) is 13.0 Å². The van der Waals surface area contributed by atoms with E-state index in [4.69, 9.17) is 9.44 Å². The van der Waals surface area contributed by atoms with Crippen LogP contribution in [0.15, 0.2) is 29.2 Å². The summed E-state index contributed by atoms with van der Waals surface area (Å²) in [5.74, 6) is 0.123. The van der Waals surface area contributed by atoms with Gasteiger partial charge in [-0.15, -0.1) is 0 Å². The van der Waals surface area contributed by atoms with Crippen LogP contribution in [0.5, 0.6) is 0 Å². The molecule has 0 aromatic heterocycles. The van der Waals surface area contributed by atoms with Gasteiger partial charge >= 0.3 is 0 Å². The van der Waals surface area contributed by atoms with Crippen molar-refractivity contribution in [3.8, 4) is 6.07 Å². The van der Waals surface area contributed by atoms with Crippen LogP contribution in [0.25, 0.3) is 0 Å². The second kappa shape index (κ2) is 4.04. The van der Waals surface area contributed by atoms with Crippen LogP contribution in [-0.2, 0) is 14.3 Å². The maximum atomic E-state index is 12.2. The van der Waals surface area contributed by atoms with Crippen molar-refractivity contribution in [3.05, 3.63) is 29.8 Å². The van der Waals surface area contributed by atoms with Crippen LogP contribution in [0.3, 0.4) is 0 Å². The first kappa shape index (κ1) is 12.6. The van der Waals surface area contributed by atoms with E-state index in [0.717, 1.165) is 5.56 Å². The second-order valence-electron chi connectivity index (χ2n) is 5.18. The lowest BCUT2D eigenvalue weighted by atomic mass is 10.2. The highest BCUT2D eigenvalue weighted by Gasteiger charge is 2.67. The standard InChI is InChI=1S/C13H14N2O3S/c1-9-2-4-11(5-3-9)19(16,17)18-13-6-10(13)8-15-12(13)7-14/h2-5,10,12,15H,6,8H2,1H3. The Bertz CT molecular complexity index is 647. The lowest BCUT2D eigenvalue weighted by molar-refractivity contribution is 0.171. The van der Waals surface area contributed by atoms with E-state index in [2.05, 4.69) is 11.4 Å². The SMILES string of the molecule is Cc1ccc(S(=O)(=O)OC23CC2CNC3C#N)cc1. The number of hydrogen-bond acceptors (Lipinski definition) is 5. The summed E-state index contributed by atoms with van der Waals surface area (Å²) in [4.78, 5) is 0.140. The van der Waals surface area contributed by atoms with Crippen LogP contribution < -0.4 is 5.32 Å². The van der Waals surface area contributed by atoms with Crippen molar-refractivity contribution in [2.75, 3.05) is 6.54 Å². The minimum Gasteiger partial charge on any atom is -0.299 e. The summed E-state index contributed by atoms with van der Waals surface area (Å²) < 4.78 is 29.8. The monoisotopic (exact) mass is 278 g/mol. The molecule has 19 heavy (non-hydrogen) atoms. The zero-order valence-corrected chi connectivity index (χ0v) is 11.3. The van der Waals surface area contributed by atoms with E-state index >= 15 is 0 Å². The van der Waals surface area contributed by atoms with Gasteiger partial charge in [0, 0.05) is 12.5 Å². The van der Waals surface area contributed by atoms with E-state index in [1.54, 1.807) is 12.1 Å². The maximum absolute atomic E-state index is 12.2. The zero-order chi connectivity index (χ0) is 13.7. The van der Waals surface area contributed by atoms with Crippen molar-refractivity contribution in [3.63, 3.8) is 0 Å². The molecular formula is C13H14N2O3S. The molecule has 1 aromatic carbocycles. The normalized spacial score (nSPS) is 32.6. The van der Waals surface area contributed by atoms with Gasteiger partial charge in [-0.05, 0) is 25.5 Å². The number of nitrogens with zero attached hydrogens (tertiary/aromatic N) is 1. The highest BCUT2D eigenvalue weighted by Crippen LogP contribution is 2.54. The molecule has 3 unspecified atom stereocenters. The molecular weight excluding hydrogens is 264 g/mol. The predicted molar refractivity (Wildman–Crippen MR) is 67.7 cm³/mol. The molecule has 0 radical (unpaired) electrons. The Morgan fingerprint density at radius 3 is 2.68 bits per heavy atom. The lowest BCUT2D eigenvalue weighted by Gasteiger charge is -2.17. The number of nitrogens with one attached hydrogen (secondary N) is 1. The van der Waals surface area contributed by atoms with Crippen LogP contribution in [0.1, 0.15) is 12.0 Å². The molecule has 1 aliphatic carbocycles. The molecule has 1 saturated heterocycles. The van der Waals surface area contributed by atoms with Crippen molar-refractivity contribution in [2.45, 2.75) is 29.9 Å². The maximum Gasteiger partial charge on any atom is 0.297 e. The largest absolute Gasteiger partial charge is 0.299 e. The number of hydrogen-bond donors (Lipinski definition) is 1. The summed E-state index contributed by atoms with van der Waals surface area (Å²) in [7, 11) is -3.81. The van der Waals surface area contributed by atoms with E-state index in [1.165, 1.54) is 12.1 Å². The van der Waals surface area contributed by atoms with Crippen molar-refractivity contribution in [1.82, 2.24) is 5.32 Å². The molecule has 1 N–H and O–H groups in total. The first-order chi connectivity index (χ1) is 8.98. The van der Waals surface area contributed by atoms with Gasteiger partial charge in [-0.3, -0.25) is 9.50 Å². The van der Waals surface area contributed by atoms with E-state index in [9.17, 15) is 8.42 Å². The van der Waals surface area contributed by atoms with Gasteiger partial charge in [0.2, 0.25) is 0 Å². The Labute approximate surface area is 112 Å². The van der Waals surface area contributed by atoms with Crippen LogP contribution in [0.4, 0.5) is 0 Å². The Kier molecular flexibility index (Phi) is 2.68. The molecule has 2 fully saturated rings. The molecule has 1 aromatic rings. The van der Waals surface area contributed by atoms with Crippen molar-refractivity contribution >= 4 is 10.1 Å². The van der Waals surface area contributed by atoms with Crippen LogP contribution in [0, 0.1) is 24.2 Å². The van der Waals surface area contributed by atoms with Crippen molar-refractivity contribution in [1.29, 1.82) is 5.26 Å². The van der Waals surface area contributed by atoms with Gasteiger partial charge in [0.05, 0.1) is 11.0 Å². The number of nitriles is 1. The molecule has 3 rings (SSSR count). The third-order valence-electron chi connectivity index (χ3n) is 3.86. The molecule has 2 aliphatic rings. The highest BCUT2D eigenvalue weighted by molar-refractivity contribution is 7.86. The Balaban J connectivity index is 1.87. The summed E-state index contributed by atoms with van der Waals surface area (Å²) in [5.41, 5.74) is 0.136. The number of piperidine rings is 1. The van der Waals surface area contributed by atoms with Gasteiger partial charge < -0.3 is 0 Å². The molecule has 6 heteroatoms. The summed E-state index contributed by atoms with van der Waals surface area (Å²) >= 11 is 0. The molecule has 0 amide bonds. The average Bonchev–Trinajstić information content (AvgIpc) is 2.94. The van der Waals surface area contributed by atoms with E-state index in [-0.39, 0.29) is 10.8 Å². The van der Waals surface area contributed by atoms with Crippen LogP contribution >= 0.6 is 0 Å². The van der Waals surface area contributed by atoms with Gasteiger partial charge in [-0.25, -0.2) is 0 Å². The lowest BCUT2D eigenvalue weighted by Crippen LogP contribution is -2.38. The molecule has 0 bridgehead atoms.